The molecule has 1 aromatic carbocycles. The van der Waals surface area contributed by atoms with Gasteiger partial charge in [0.25, 0.3) is 11.8 Å². The Hall–Kier alpha value is -3.99. The zero-order valence-corrected chi connectivity index (χ0v) is 19.9. The lowest BCUT2D eigenvalue weighted by molar-refractivity contribution is -0.119. The molecule has 0 saturated carbocycles. The molecule has 3 N–H and O–H groups in total. The summed E-state index contributed by atoms with van der Waals surface area (Å²) in [5.41, 5.74) is 7.77. The molecule has 3 rings (SSSR count). The van der Waals surface area contributed by atoms with E-state index in [0.29, 0.717) is 17.0 Å². The van der Waals surface area contributed by atoms with Gasteiger partial charge in [-0.2, -0.15) is 5.10 Å². The molecule has 0 aliphatic rings. The molecule has 34 heavy (non-hydrogen) atoms. The van der Waals surface area contributed by atoms with E-state index in [0.717, 1.165) is 17.0 Å². The van der Waals surface area contributed by atoms with Crippen molar-refractivity contribution in [1.82, 2.24) is 9.78 Å². The van der Waals surface area contributed by atoms with E-state index in [1.807, 2.05) is 30.3 Å². The summed E-state index contributed by atoms with van der Waals surface area (Å²) in [5, 5.41) is 6.99. The van der Waals surface area contributed by atoms with E-state index in [1.54, 1.807) is 25.5 Å². The number of aromatic nitrogens is 2. The van der Waals surface area contributed by atoms with Crippen LogP contribution in [0.1, 0.15) is 54.3 Å². The van der Waals surface area contributed by atoms with Gasteiger partial charge in [0.2, 0.25) is 0 Å². The number of thiophene rings is 1. The van der Waals surface area contributed by atoms with Crippen LogP contribution >= 0.6 is 11.3 Å². The maximum atomic E-state index is 12.7. The van der Waals surface area contributed by atoms with Crippen molar-refractivity contribution in [1.29, 1.82) is 0 Å². The number of carbonyl (C=O) groups excluding carboxylic acids is 4. The lowest BCUT2D eigenvalue weighted by Crippen LogP contribution is -2.22. The molecule has 2 amide bonds. The molecule has 0 bridgehead atoms. The summed E-state index contributed by atoms with van der Waals surface area (Å²) in [6.07, 6.45) is 0. The maximum absolute atomic E-state index is 12.7. The third kappa shape index (κ3) is 4.99. The first-order chi connectivity index (χ1) is 16.1. The van der Waals surface area contributed by atoms with E-state index in [1.165, 1.54) is 6.92 Å². The molecule has 0 radical (unpaired) electrons. The molecule has 2 heterocycles. The molecular formula is C23H24N4O6S. The average Bonchev–Trinajstić information content (AvgIpc) is 3.28. The largest absolute Gasteiger partial charge is 0.462 e. The predicted octanol–water partition coefficient (Wildman–Crippen LogP) is 2.93. The van der Waals surface area contributed by atoms with Crippen LogP contribution in [0.15, 0.2) is 30.3 Å². The zero-order valence-electron chi connectivity index (χ0n) is 19.1. The molecule has 0 spiro atoms. The van der Waals surface area contributed by atoms with Crippen molar-refractivity contribution in [2.75, 3.05) is 18.5 Å². The number of hydrogen-bond donors (Lipinski definition) is 2. The summed E-state index contributed by atoms with van der Waals surface area (Å²) < 4.78 is 11.8. The molecule has 3 aromatic rings. The molecule has 0 atom stereocenters. The Kier molecular flexibility index (Phi) is 7.47. The molecule has 0 aliphatic heterocycles. The number of aryl methyl sites for hydroxylation is 1. The number of ether oxygens (including phenoxy) is 2. The van der Waals surface area contributed by atoms with Crippen molar-refractivity contribution >= 4 is 40.1 Å². The Labute approximate surface area is 199 Å². The number of nitrogens with one attached hydrogen (secondary N) is 1. The number of para-hydroxylation sites is 1. The van der Waals surface area contributed by atoms with Gasteiger partial charge in [-0.3, -0.25) is 9.59 Å². The van der Waals surface area contributed by atoms with E-state index in [9.17, 15) is 19.2 Å². The number of primary amides is 1. The van der Waals surface area contributed by atoms with Gasteiger partial charge in [-0.1, -0.05) is 18.2 Å². The van der Waals surface area contributed by atoms with Crippen molar-refractivity contribution < 1.29 is 28.7 Å². The van der Waals surface area contributed by atoms with Gasteiger partial charge in [0.15, 0.2) is 6.61 Å². The van der Waals surface area contributed by atoms with Crippen LogP contribution in [0.3, 0.4) is 0 Å². The number of rotatable bonds is 8. The fourth-order valence-electron chi connectivity index (χ4n) is 3.41. The highest BCUT2D eigenvalue weighted by molar-refractivity contribution is 7.18. The predicted molar refractivity (Wildman–Crippen MR) is 125 cm³/mol. The number of nitrogens with two attached hydrogens (primary N) is 1. The number of benzene rings is 1. The van der Waals surface area contributed by atoms with Crippen molar-refractivity contribution in [3.8, 4) is 5.69 Å². The van der Waals surface area contributed by atoms with Gasteiger partial charge < -0.3 is 20.5 Å². The molecule has 10 nitrogen and oxygen atoms in total. The number of hydrogen-bond acceptors (Lipinski definition) is 8. The van der Waals surface area contributed by atoms with Gasteiger partial charge in [0.05, 0.1) is 34.1 Å². The number of esters is 2. The Morgan fingerprint density at radius 2 is 1.68 bits per heavy atom. The van der Waals surface area contributed by atoms with Crippen molar-refractivity contribution in [2.24, 2.45) is 5.73 Å². The Morgan fingerprint density at radius 3 is 2.29 bits per heavy atom. The fourth-order valence-corrected chi connectivity index (χ4v) is 4.47. The minimum atomic E-state index is -0.735. The zero-order chi connectivity index (χ0) is 25.0. The van der Waals surface area contributed by atoms with Crippen LogP contribution in [0, 0.1) is 20.8 Å². The number of carbonyl (C=O) groups is 4. The van der Waals surface area contributed by atoms with Crippen molar-refractivity contribution in [3.63, 3.8) is 0 Å². The van der Waals surface area contributed by atoms with Crippen LogP contribution in [-0.2, 0) is 14.3 Å². The highest BCUT2D eigenvalue weighted by Crippen LogP contribution is 2.33. The van der Waals surface area contributed by atoms with Crippen LogP contribution in [0.25, 0.3) is 5.69 Å². The standard InChI is InChI=1S/C23H24N4O6S/c1-5-32-22(30)17-12(2)19(20(24)29)34-21(17)25-16(28)11-33-23(31)18-13(3)26-27(14(18)4)15-9-7-6-8-10-15/h6-10H,5,11H2,1-4H3,(H2,24,29)(H,25,28). The SMILES string of the molecule is CCOC(=O)c1c(NC(=O)COC(=O)c2c(C)nn(-c3ccccc3)c2C)sc(C(N)=O)c1C. The highest BCUT2D eigenvalue weighted by Gasteiger charge is 2.26. The van der Waals surface area contributed by atoms with E-state index in [2.05, 4.69) is 10.4 Å². The lowest BCUT2D eigenvalue weighted by atomic mass is 10.1. The second-order valence-electron chi connectivity index (χ2n) is 7.26. The monoisotopic (exact) mass is 484 g/mol. The molecule has 2 aromatic heterocycles. The molecule has 0 saturated heterocycles. The second kappa shape index (κ2) is 10.3. The van der Waals surface area contributed by atoms with Gasteiger partial charge in [-0.25, -0.2) is 14.3 Å². The van der Waals surface area contributed by atoms with Crippen LogP contribution in [0.4, 0.5) is 5.00 Å². The Balaban J connectivity index is 1.75. The van der Waals surface area contributed by atoms with E-state index in [4.69, 9.17) is 15.2 Å². The van der Waals surface area contributed by atoms with Gasteiger partial charge in [-0.15, -0.1) is 11.3 Å². The third-order valence-corrected chi connectivity index (χ3v) is 6.16. The summed E-state index contributed by atoms with van der Waals surface area (Å²) in [4.78, 5) is 49.3. The van der Waals surface area contributed by atoms with Crippen molar-refractivity contribution in [3.05, 3.63) is 63.3 Å². The topological polar surface area (TPSA) is 143 Å². The molecule has 0 fully saturated rings. The van der Waals surface area contributed by atoms with Gasteiger partial charge >= 0.3 is 11.9 Å². The second-order valence-corrected chi connectivity index (χ2v) is 8.28. The smallest absolute Gasteiger partial charge is 0.342 e. The van der Waals surface area contributed by atoms with Crippen LogP contribution in [0.2, 0.25) is 0 Å². The number of anilines is 1. The van der Waals surface area contributed by atoms with Gasteiger partial charge in [0, 0.05) is 0 Å². The quantitative estimate of drug-likeness (QED) is 0.468. The normalized spacial score (nSPS) is 10.6. The van der Waals surface area contributed by atoms with Crippen molar-refractivity contribution in [2.45, 2.75) is 27.7 Å². The highest BCUT2D eigenvalue weighted by atomic mass is 32.1. The first-order valence-corrected chi connectivity index (χ1v) is 11.2. The average molecular weight is 485 g/mol. The van der Waals surface area contributed by atoms with E-state index in [-0.39, 0.29) is 27.6 Å². The van der Waals surface area contributed by atoms with E-state index >= 15 is 0 Å². The summed E-state index contributed by atoms with van der Waals surface area (Å²) in [7, 11) is 0. The maximum Gasteiger partial charge on any atom is 0.342 e. The minimum absolute atomic E-state index is 0.0381. The fraction of sp³-hybridized carbons (Fsp3) is 0.261. The Bertz CT molecular complexity index is 1260. The van der Waals surface area contributed by atoms with Gasteiger partial charge in [-0.05, 0) is 45.4 Å². The van der Waals surface area contributed by atoms with E-state index < -0.39 is 30.4 Å². The third-order valence-electron chi connectivity index (χ3n) is 4.93. The Morgan fingerprint density at radius 1 is 1.03 bits per heavy atom. The first-order valence-electron chi connectivity index (χ1n) is 10.3. The molecule has 0 unspecified atom stereocenters. The summed E-state index contributed by atoms with van der Waals surface area (Å²) in [6.45, 7) is 6.08. The summed E-state index contributed by atoms with van der Waals surface area (Å²) >= 11 is 0.852. The van der Waals surface area contributed by atoms with Crippen LogP contribution < -0.4 is 11.1 Å². The minimum Gasteiger partial charge on any atom is -0.462 e. The first kappa shape index (κ1) is 24.6. The molecule has 178 valence electrons. The molecular weight excluding hydrogens is 460 g/mol. The van der Waals surface area contributed by atoms with Gasteiger partial charge in [0.1, 0.15) is 10.6 Å². The summed E-state index contributed by atoms with van der Waals surface area (Å²) in [6, 6.07) is 9.29. The van der Waals surface area contributed by atoms with Crippen LogP contribution in [-0.4, -0.2) is 46.7 Å². The molecule has 11 heteroatoms. The molecule has 0 aliphatic carbocycles. The summed E-state index contributed by atoms with van der Waals surface area (Å²) in [5.74, 6) is -2.84. The lowest BCUT2D eigenvalue weighted by Gasteiger charge is -2.08. The number of nitrogens with zero attached hydrogens (tertiary/aromatic N) is 2. The van der Waals surface area contributed by atoms with Crippen LogP contribution in [0.5, 0.6) is 0 Å². The number of amides is 2.